The first-order valence-corrected chi connectivity index (χ1v) is 21.0. The fourth-order valence-electron chi connectivity index (χ4n) is 6.82. The number of benzene rings is 2. The summed E-state index contributed by atoms with van der Waals surface area (Å²) in [5.74, 6) is -4.96. The average molecular weight is 873 g/mol. The zero-order valence-corrected chi connectivity index (χ0v) is 34.8. The average Bonchev–Trinajstić information content (AvgIpc) is 3.54. The van der Waals surface area contributed by atoms with Crippen molar-refractivity contribution >= 4 is 58.8 Å². The van der Waals surface area contributed by atoms with Crippen LogP contribution in [0.4, 0.5) is 11.4 Å². The molecule has 3 amide bonds. The topological polar surface area (TPSA) is 245 Å². The monoisotopic (exact) mass is 872 g/mol. The Morgan fingerprint density at radius 1 is 0.746 bits per heavy atom. The summed E-state index contributed by atoms with van der Waals surface area (Å²) in [6.07, 6.45) is 4.49. The first-order chi connectivity index (χ1) is 30.4. The summed E-state index contributed by atoms with van der Waals surface area (Å²) < 4.78 is 0. The van der Waals surface area contributed by atoms with Gasteiger partial charge in [0.2, 0.25) is 17.7 Å². The summed E-state index contributed by atoms with van der Waals surface area (Å²) in [4.78, 5) is 88.8. The first kappa shape index (κ1) is 45.3. The summed E-state index contributed by atoms with van der Waals surface area (Å²) in [6, 6.07) is 29.0. The van der Waals surface area contributed by atoms with Crippen LogP contribution in [0, 0.1) is 0 Å². The Morgan fingerprint density at radius 3 is 1.87 bits per heavy atom. The minimum absolute atomic E-state index is 0.00525. The Bertz CT molecular complexity index is 2370. The van der Waals surface area contributed by atoms with Crippen LogP contribution in [0.2, 0.25) is 0 Å². The molecular formula is C45H44N8O9S. The Kier molecular flexibility index (Phi) is 15.9. The van der Waals surface area contributed by atoms with Crippen LogP contribution >= 0.6 is 11.8 Å². The molecule has 1 saturated heterocycles. The minimum atomic E-state index is -1.34. The molecule has 1 fully saturated rings. The van der Waals surface area contributed by atoms with Crippen molar-refractivity contribution in [2.45, 2.75) is 54.7 Å². The normalized spacial score (nSPS) is 14.3. The third-order valence-electron chi connectivity index (χ3n) is 9.89. The Morgan fingerprint density at radius 2 is 1.33 bits per heavy atom. The molecular weight excluding hydrogens is 829 g/mol. The van der Waals surface area contributed by atoms with Gasteiger partial charge in [-0.3, -0.25) is 48.5 Å². The molecule has 2 aromatic carbocycles. The second-order valence-corrected chi connectivity index (χ2v) is 15.8. The summed E-state index contributed by atoms with van der Waals surface area (Å²) in [6.45, 7) is -1.16. The minimum Gasteiger partial charge on any atom is -0.480 e. The van der Waals surface area contributed by atoms with Crippen LogP contribution in [0.3, 0.4) is 0 Å². The number of unbranched alkanes of at least 4 members (excludes halogenated alkanes) is 1. The molecule has 1 aliphatic rings. The van der Waals surface area contributed by atoms with Gasteiger partial charge in [0, 0.05) is 43.2 Å². The number of carbonyl (C=O) groups is 6. The van der Waals surface area contributed by atoms with Gasteiger partial charge in [0.05, 0.1) is 52.5 Å². The third kappa shape index (κ3) is 13.2. The van der Waals surface area contributed by atoms with E-state index in [0.29, 0.717) is 24.2 Å². The molecule has 18 heteroatoms. The second kappa shape index (κ2) is 22.1. The maximum Gasteiger partial charge on any atom is 0.320 e. The van der Waals surface area contributed by atoms with Gasteiger partial charge in [0.1, 0.15) is 6.04 Å². The van der Waals surface area contributed by atoms with Crippen molar-refractivity contribution in [2.24, 2.45) is 10.2 Å². The zero-order chi connectivity index (χ0) is 44.7. The number of carbonyl (C=O) groups excluding carboxylic acids is 3. The van der Waals surface area contributed by atoms with E-state index in [9.17, 15) is 33.9 Å². The number of azo groups is 1. The highest BCUT2D eigenvalue weighted by Gasteiger charge is 2.38. The quantitative estimate of drug-likeness (QED) is 0.0330. The predicted octanol–water partition coefficient (Wildman–Crippen LogP) is 6.50. The highest BCUT2D eigenvalue weighted by atomic mass is 32.2. The van der Waals surface area contributed by atoms with E-state index in [1.807, 2.05) is 84.9 Å². The highest BCUT2D eigenvalue weighted by molar-refractivity contribution is 8.00. The fourth-order valence-corrected chi connectivity index (χ4v) is 7.90. The summed E-state index contributed by atoms with van der Waals surface area (Å²) in [5, 5.41) is 38.5. The van der Waals surface area contributed by atoms with E-state index in [-0.39, 0.29) is 56.5 Å². The number of hydrogen-bond donors (Lipinski definition) is 4. The van der Waals surface area contributed by atoms with Gasteiger partial charge in [0.15, 0.2) is 0 Å². The highest BCUT2D eigenvalue weighted by Crippen LogP contribution is 2.34. The summed E-state index contributed by atoms with van der Waals surface area (Å²) in [7, 11) is 0. The number of nitrogens with zero attached hydrogens (tertiary/aromatic N) is 7. The third-order valence-corrected chi connectivity index (χ3v) is 11.1. The van der Waals surface area contributed by atoms with Crippen LogP contribution in [-0.2, 0) is 28.8 Å². The largest absolute Gasteiger partial charge is 0.480 e. The maximum absolute atomic E-state index is 13.1. The predicted molar refractivity (Wildman–Crippen MR) is 232 cm³/mol. The van der Waals surface area contributed by atoms with Crippen molar-refractivity contribution < 1.29 is 44.1 Å². The van der Waals surface area contributed by atoms with Crippen LogP contribution in [0.1, 0.15) is 38.5 Å². The molecule has 5 aromatic rings. The molecule has 2 unspecified atom stereocenters. The van der Waals surface area contributed by atoms with Gasteiger partial charge in [-0.15, -0.1) is 11.8 Å². The molecule has 17 nitrogen and oxygen atoms in total. The molecule has 4 N–H and O–H groups in total. The van der Waals surface area contributed by atoms with Gasteiger partial charge < -0.3 is 20.6 Å². The van der Waals surface area contributed by atoms with Gasteiger partial charge in [0.25, 0.3) is 0 Å². The first-order valence-electron chi connectivity index (χ1n) is 20.1. The van der Waals surface area contributed by atoms with Crippen molar-refractivity contribution in [3.05, 3.63) is 109 Å². The second-order valence-electron chi connectivity index (χ2n) is 14.5. The molecule has 324 valence electrons. The van der Waals surface area contributed by atoms with Gasteiger partial charge in [-0.2, -0.15) is 10.2 Å². The number of imide groups is 1. The maximum atomic E-state index is 13.1. The van der Waals surface area contributed by atoms with E-state index in [4.69, 9.17) is 15.2 Å². The van der Waals surface area contributed by atoms with Crippen molar-refractivity contribution in [3.63, 3.8) is 0 Å². The van der Waals surface area contributed by atoms with Crippen LogP contribution in [0.5, 0.6) is 0 Å². The van der Waals surface area contributed by atoms with Crippen molar-refractivity contribution in [3.8, 4) is 33.9 Å². The molecule has 3 aromatic heterocycles. The van der Waals surface area contributed by atoms with E-state index in [2.05, 4.69) is 25.5 Å². The molecule has 2 atom stereocenters. The lowest BCUT2D eigenvalue weighted by molar-refractivity contribution is -0.149. The molecule has 0 spiro atoms. The SMILES string of the molecule is O=C(O)CN(CC(=O)O)C(CCCCNC(=O)CCCN1C(=O)CC(Sc2ccc(/N=N/c3ccc(-c4cc(-c5ccccn5)nc(-c5ccccn5)c4)cc3)cc2)C1=O)C(=O)O. The van der Waals surface area contributed by atoms with E-state index >= 15 is 0 Å². The molecule has 4 heterocycles. The lowest BCUT2D eigenvalue weighted by Crippen LogP contribution is -2.46. The van der Waals surface area contributed by atoms with Crippen LogP contribution in [0.25, 0.3) is 33.9 Å². The number of pyridine rings is 3. The summed E-state index contributed by atoms with van der Waals surface area (Å²) in [5.41, 5.74) is 6.12. The standard InChI is InChI=1S/C45H44N8O9S/c54-40(48-22-6-3-10-38(45(61)62)52(27-42(56)57)28-43(58)59)11-7-23-53-41(55)26-39(44(53)60)63-33-18-16-32(17-19-33)51-50-31-14-12-29(13-15-31)30-24-36(34-8-1-4-20-46-34)49-37(25-30)35-9-2-5-21-47-35/h1-2,4-5,8-9,12-21,24-25,38-39H,3,6-7,10-11,22-23,26-28H2,(H,48,54)(H,56,57)(H,58,59)(H,61,62)/b51-50+. The number of aliphatic carboxylic acids is 3. The number of likely N-dealkylation sites (tertiary alicyclic amines) is 1. The number of amides is 3. The molecule has 1 aliphatic heterocycles. The van der Waals surface area contributed by atoms with Crippen LogP contribution in [0.15, 0.2) is 125 Å². The molecule has 6 rings (SSSR count). The van der Waals surface area contributed by atoms with E-state index in [0.717, 1.165) is 43.7 Å². The van der Waals surface area contributed by atoms with Crippen LogP contribution in [-0.4, -0.2) is 113 Å². The smallest absolute Gasteiger partial charge is 0.320 e. The molecule has 0 saturated carbocycles. The number of carboxylic acids is 3. The summed E-state index contributed by atoms with van der Waals surface area (Å²) >= 11 is 1.28. The Hall–Kier alpha value is -7.18. The van der Waals surface area contributed by atoms with Gasteiger partial charge in [-0.05, 0) is 110 Å². The van der Waals surface area contributed by atoms with Crippen molar-refractivity contribution in [2.75, 3.05) is 26.2 Å². The van der Waals surface area contributed by atoms with Crippen molar-refractivity contribution in [1.82, 2.24) is 30.1 Å². The number of carboxylic acid groups (broad SMARTS) is 3. The van der Waals surface area contributed by atoms with Gasteiger partial charge in [-0.1, -0.05) is 24.3 Å². The molecule has 0 bridgehead atoms. The zero-order valence-electron chi connectivity index (χ0n) is 33.9. The number of nitrogens with one attached hydrogen (secondary N) is 1. The van der Waals surface area contributed by atoms with E-state index in [1.165, 1.54) is 16.7 Å². The van der Waals surface area contributed by atoms with Crippen LogP contribution < -0.4 is 5.32 Å². The number of hydrogen-bond acceptors (Lipinski definition) is 13. The van der Waals surface area contributed by atoms with E-state index in [1.54, 1.807) is 24.5 Å². The van der Waals surface area contributed by atoms with Crippen molar-refractivity contribution in [1.29, 1.82) is 0 Å². The molecule has 0 aliphatic carbocycles. The van der Waals surface area contributed by atoms with Gasteiger partial charge in [-0.25, -0.2) is 4.98 Å². The number of thioether (sulfide) groups is 1. The van der Waals surface area contributed by atoms with E-state index < -0.39 is 42.3 Å². The number of rotatable bonds is 22. The lowest BCUT2D eigenvalue weighted by Gasteiger charge is -2.25. The Balaban J connectivity index is 0.944. The molecule has 63 heavy (non-hydrogen) atoms. The molecule has 0 radical (unpaired) electrons. The fraction of sp³-hybridized carbons (Fsp3) is 0.267. The van der Waals surface area contributed by atoms with Gasteiger partial charge >= 0.3 is 17.9 Å². The number of aromatic nitrogens is 3. The Labute approximate surface area is 366 Å². The lowest BCUT2D eigenvalue weighted by atomic mass is 10.0.